The highest BCUT2D eigenvalue weighted by atomic mass is 35.5. The summed E-state index contributed by atoms with van der Waals surface area (Å²) in [6, 6.07) is 20.2. The Labute approximate surface area is 152 Å². The van der Waals surface area contributed by atoms with E-state index in [2.05, 4.69) is 5.32 Å². The van der Waals surface area contributed by atoms with Crippen LogP contribution in [0.3, 0.4) is 0 Å². The smallest absolute Gasteiger partial charge is 0.129 e. The van der Waals surface area contributed by atoms with Crippen LogP contribution in [0.1, 0.15) is 16.7 Å². The van der Waals surface area contributed by atoms with Crippen molar-refractivity contribution >= 4 is 17.3 Å². The van der Waals surface area contributed by atoms with Crippen molar-refractivity contribution in [2.75, 3.05) is 5.32 Å². The molecule has 0 saturated heterocycles. The minimum atomic E-state index is -0.253. The van der Waals surface area contributed by atoms with Crippen LogP contribution in [0.15, 0.2) is 66.7 Å². The van der Waals surface area contributed by atoms with E-state index in [0.29, 0.717) is 17.9 Å². The van der Waals surface area contributed by atoms with Crippen LogP contribution >= 0.6 is 11.6 Å². The molecule has 2 nitrogen and oxygen atoms in total. The minimum Gasteiger partial charge on any atom is -0.489 e. The summed E-state index contributed by atoms with van der Waals surface area (Å²) in [5.41, 5.74) is 3.65. The van der Waals surface area contributed by atoms with E-state index in [1.807, 2.05) is 49.4 Å². The van der Waals surface area contributed by atoms with Crippen LogP contribution in [-0.2, 0) is 13.2 Å². The highest BCUT2D eigenvalue weighted by Gasteiger charge is 2.04. The zero-order valence-corrected chi connectivity index (χ0v) is 14.7. The van der Waals surface area contributed by atoms with Crippen LogP contribution in [0.4, 0.5) is 10.1 Å². The van der Waals surface area contributed by atoms with E-state index in [1.165, 1.54) is 6.07 Å². The molecule has 0 aliphatic heterocycles. The van der Waals surface area contributed by atoms with Crippen molar-refractivity contribution in [3.05, 3.63) is 94.3 Å². The topological polar surface area (TPSA) is 21.3 Å². The van der Waals surface area contributed by atoms with E-state index in [4.69, 9.17) is 16.3 Å². The molecule has 0 fully saturated rings. The predicted octanol–water partition coefficient (Wildman–Crippen LogP) is 5.98. The van der Waals surface area contributed by atoms with Gasteiger partial charge in [-0.2, -0.15) is 0 Å². The maximum absolute atomic E-state index is 13.6. The van der Waals surface area contributed by atoms with E-state index in [-0.39, 0.29) is 12.4 Å². The van der Waals surface area contributed by atoms with Gasteiger partial charge in [-0.25, -0.2) is 4.39 Å². The summed E-state index contributed by atoms with van der Waals surface area (Å²) >= 11 is 6.14. The Morgan fingerprint density at radius 3 is 2.64 bits per heavy atom. The van der Waals surface area contributed by atoms with Gasteiger partial charge in [-0.1, -0.05) is 48.0 Å². The van der Waals surface area contributed by atoms with Crippen molar-refractivity contribution in [3.8, 4) is 5.75 Å². The largest absolute Gasteiger partial charge is 0.489 e. The summed E-state index contributed by atoms with van der Waals surface area (Å²) in [5, 5.41) is 4.12. The van der Waals surface area contributed by atoms with Gasteiger partial charge < -0.3 is 10.1 Å². The minimum absolute atomic E-state index is 0.205. The average molecular weight is 356 g/mol. The summed E-state index contributed by atoms with van der Waals surface area (Å²) in [6.07, 6.45) is 0. The number of hydrogen-bond donors (Lipinski definition) is 1. The van der Waals surface area contributed by atoms with Crippen molar-refractivity contribution in [1.82, 2.24) is 0 Å². The van der Waals surface area contributed by atoms with Gasteiger partial charge in [0.15, 0.2) is 0 Å². The highest BCUT2D eigenvalue weighted by Crippen LogP contribution is 2.24. The first kappa shape index (κ1) is 17.3. The van der Waals surface area contributed by atoms with Crippen LogP contribution in [0.25, 0.3) is 0 Å². The van der Waals surface area contributed by atoms with Crippen molar-refractivity contribution < 1.29 is 9.13 Å². The second kappa shape index (κ2) is 8.04. The van der Waals surface area contributed by atoms with Gasteiger partial charge in [0.05, 0.1) is 0 Å². The fourth-order valence-electron chi connectivity index (χ4n) is 2.52. The first-order valence-corrected chi connectivity index (χ1v) is 8.45. The molecule has 0 bridgehead atoms. The van der Waals surface area contributed by atoms with Gasteiger partial charge in [0, 0.05) is 22.8 Å². The molecule has 25 heavy (non-hydrogen) atoms. The van der Waals surface area contributed by atoms with E-state index in [1.54, 1.807) is 18.2 Å². The van der Waals surface area contributed by atoms with Crippen LogP contribution in [0, 0.1) is 12.7 Å². The van der Waals surface area contributed by atoms with Crippen LogP contribution in [0.2, 0.25) is 5.02 Å². The van der Waals surface area contributed by atoms with Crippen molar-refractivity contribution in [2.24, 2.45) is 0 Å². The third-order valence-electron chi connectivity index (χ3n) is 4.00. The number of nitrogens with one attached hydrogen (secondary N) is 1. The standard InChI is InChI=1S/C21H19ClFNO/c1-15-19(22)9-5-11-21(15)24-13-16-6-4-8-18(12-16)25-14-17-7-2-3-10-20(17)23/h2-12,24H,13-14H2,1H3. The van der Waals surface area contributed by atoms with E-state index >= 15 is 0 Å². The number of rotatable bonds is 6. The first-order valence-electron chi connectivity index (χ1n) is 8.07. The van der Waals surface area contributed by atoms with Crippen LogP contribution < -0.4 is 10.1 Å². The normalized spacial score (nSPS) is 10.5. The molecule has 4 heteroatoms. The molecule has 0 saturated carbocycles. The quantitative estimate of drug-likeness (QED) is 0.587. The molecule has 0 atom stereocenters. The molecule has 0 amide bonds. The summed E-state index contributed by atoms with van der Waals surface area (Å²) in [7, 11) is 0. The SMILES string of the molecule is Cc1c(Cl)cccc1NCc1cccc(OCc2ccccc2F)c1. The number of halogens is 2. The molecule has 0 aromatic heterocycles. The predicted molar refractivity (Wildman–Crippen MR) is 101 cm³/mol. The van der Waals surface area contributed by atoms with Crippen molar-refractivity contribution in [1.29, 1.82) is 0 Å². The lowest BCUT2D eigenvalue weighted by molar-refractivity contribution is 0.299. The third kappa shape index (κ3) is 4.52. The Morgan fingerprint density at radius 1 is 1.00 bits per heavy atom. The Morgan fingerprint density at radius 2 is 1.80 bits per heavy atom. The van der Waals surface area contributed by atoms with Crippen LogP contribution in [-0.4, -0.2) is 0 Å². The molecule has 0 aliphatic rings. The molecule has 0 aliphatic carbocycles. The molecule has 3 aromatic rings. The van der Waals surface area contributed by atoms with Gasteiger partial charge in [0.1, 0.15) is 18.2 Å². The fourth-order valence-corrected chi connectivity index (χ4v) is 2.69. The molecule has 0 radical (unpaired) electrons. The maximum Gasteiger partial charge on any atom is 0.129 e. The lowest BCUT2D eigenvalue weighted by Crippen LogP contribution is -2.02. The third-order valence-corrected chi connectivity index (χ3v) is 4.41. The molecule has 0 unspecified atom stereocenters. The molecule has 128 valence electrons. The van der Waals surface area contributed by atoms with E-state index in [9.17, 15) is 4.39 Å². The zero-order valence-electron chi connectivity index (χ0n) is 13.9. The number of ether oxygens (including phenoxy) is 1. The van der Waals surface area contributed by atoms with Crippen molar-refractivity contribution in [3.63, 3.8) is 0 Å². The van der Waals surface area contributed by atoms with Gasteiger partial charge in [-0.3, -0.25) is 0 Å². The number of hydrogen-bond acceptors (Lipinski definition) is 2. The second-order valence-corrected chi connectivity index (χ2v) is 6.20. The summed E-state index contributed by atoms with van der Waals surface area (Å²) in [5.74, 6) is 0.460. The maximum atomic E-state index is 13.6. The number of benzene rings is 3. The Hall–Kier alpha value is -2.52. The lowest BCUT2D eigenvalue weighted by atomic mass is 10.1. The summed E-state index contributed by atoms with van der Waals surface area (Å²) in [6.45, 7) is 2.84. The Balaban J connectivity index is 1.63. The molecule has 0 spiro atoms. The molecule has 3 rings (SSSR count). The fraction of sp³-hybridized carbons (Fsp3) is 0.143. The average Bonchev–Trinajstić information content (AvgIpc) is 2.63. The summed E-state index contributed by atoms with van der Waals surface area (Å²) < 4.78 is 19.4. The lowest BCUT2D eigenvalue weighted by Gasteiger charge is -2.12. The van der Waals surface area contributed by atoms with Gasteiger partial charge in [0.2, 0.25) is 0 Å². The monoisotopic (exact) mass is 355 g/mol. The van der Waals surface area contributed by atoms with Crippen LogP contribution in [0.5, 0.6) is 5.75 Å². The van der Waals surface area contributed by atoms with Gasteiger partial charge in [-0.05, 0) is 48.4 Å². The van der Waals surface area contributed by atoms with Gasteiger partial charge in [0.25, 0.3) is 0 Å². The van der Waals surface area contributed by atoms with E-state index < -0.39 is 0 Å². The first-order chi connectivity index (χ1) is 12.1. The number of anilines is 1. The molecule has 1 N–H and O–H groups in total. The molecule has 3 aromatic carbocycles. The molecule has 0 heterocycles. The summed E-state index contributed by atoms with van der Waals surface area (Å²) in [4.78, 5) is 0. The Bertz CT molecular complexity index is 866. The van der Waals surface area contributed by atoms with Gasteiger partial charge in [-0.15, -0.1) is 0 Å². The van der Waals surface area contributed by atoms with E-state index in [0.717, 1.165) is 21.8 Å². The molecular formula is C21H19ClFNO. The zero-order chi connectivity index (χ0) is 17.6. The van der Waals surface area contributed by atoms with Gasteiger partial charge >= 0.3 is 0 Å². The Kier molecular flexibility index (Phi) is 5.56. The van der Waals surface area contributed by atoms with Crippen molar-refractivity contribution in [2.45, 2.75) is 20.1 Å². The second-order valence-electron chi connectivity index (χ2n) is 5.79. The molecular weight excluding hydrogens is 337 g/mol. The highest BCUT2D eigenvalue weighted by molar-refractivity contribution is 6.31.